The molecule has 0 amide bonds. The summed E-state index contributed by atoms with van der Waals surface area (Å²) in [4.78, 5) is 9.88. The first kappa shape index (κ1) is 12.9. The molecule has 0 radical (unpaired) electrons. The van der Waals surface area contributed by atoms with Crippen molar-refractivity contribution in [3.05, 3.63) is 55.7 Å². The SMILES string of the molecule is O=[N+]([O-])c1ccc(CNc2cccc(Cl)c2Br)o1. The highest BCUT2D eigenvalue weighted by molar-refractivity contribution is 9.10. The van der Waals surface area contributed by atoms with Gasteiger partial charge in [-0.3, -0.25) is 10.1 Å². The van der Waals surface area contributed by atoms with Crippen molar-refractivity contribution in [3.63, 3.8) is 0 Å². The quantitative estimate of drug-likeness (QED) is 0.673. The summed E-state index contributed by atoms with van der Waals surface area (Å²) in [7, 11) is 0. The molecule has 2 rings (SSSR count). The molecule has 2 aromatic rings. The zero-order valence-corrected chi connectivity index (χ0v) is 11.4. The van der Waals surface area contributed by atoms with Crippen LogP contribution in [0.2, 0.25) is 5.02 Å². The highest BCUT2D eigenvalue weighted by Gasteiger charge is 2.12. The lowest BCUT2D eigenvalue weighted by molar-refractivity contribution is -0.402. The molecule has 94 valence electrons. The second-order valence-electron chi connectivity index (χ2n) is 3.45. The molecule has 1 aromatic heterocycles. The minimum absolute atomic E-state index is 0.267. The van der Waals surface area contributed by atoms with Gasteiger partial charge in [0.2, 0.25) is 0 Å². The van der Waals surface area contributed by atoms with Crippen LogP contribution < -0.4 is 5.32 Å². The molecule has 1 heterocycles. The Labute approximate surface area is 116 Å². The summed E-state index contributed by atoms with van der Waals surface area (Å²) in [6.07, 6.45) is 0. The lowest BCUT2D eigenvalue weighted by Gasteiger charge is -2.07. The highest BCUT2D eigenvalue weighted by atomic mass is 79.9. The third-order valence-electron chi connectivity index (χ3n) is 2.23. The number of furan rings is 1. The molecule has 0 aliphatic carbocycles. The molecule has 7 heteroatoms. The highest BCUT2D eigenvalue weighted by Crippen LogP contribution is 2.30. The van der Waals surface area contributed by atoms with Gasteiger partial charge >= 0.3 is 5.88 Å². The van der Waals surface area contributed by atoms with Gasteiger partial charge in [0.05, 0.1) is 27.8 Å². The summed E-state index contributed by atoms with van der Waals surface area (Å²) in [5, 5.41) is 14.1. The number of nitro groups is 1. The lowest BCUT2D eigenvalue weighted by Crippen LogP contribution is -1.98. The number of hydrogen-bond donors (Lipinski definition) is 1. The maximum atomic E-state index is 10.5. The number of nitrogens with one attached hydrogen (secondary N) is 1. The Balaban J connectivity index is 2.07. The number of hydrogen-bond acceptors (Lipinski definition) is 4. The van der Waals surface area contributed by atoms with Crippen LogP contribution >= 0.6 is 27.5 Å². The van der Waals surface area contributed by atoms with E-state index >= 15 is 0 Å². The summed E-state index contributed by atoms with van der Waals surface area (Å²) in [6.45, 7) is 0.340. The third kappa shape index (κ3) is 2.83. The van der Waals surface area contributed by atoms with Gasteiger partial charge in [0, 0.05) is 0 Å². The molecular formula is C11H8BrClN2O3. The van der Waals surface area contributed by atoms with Crippen LogP contribution in [-0.2, 0) is 6.54 Å². The fourth-order valence-electron chi connectivity index (χ4n) is 1.38. The van der Waals surface area contributed by atoms with Gasteiger partial charge in [-0.1, -0.05) is 17.7 Å². The number of benzene rings is 1. The van der Waals surface area contributed by atoms with E-state index in [4.69, 9.17) is 16.0 Å². The molecule has 0 saturated heterocycles. The topological polar surface area (TPSA) is 68.3 Å². The number of anilines is 1. The van der Waals surface area contributed by atoms with Crippen LogP contribution in [0.5, 0.6) is 0 Å². The van der Waals surface area contributed by atoms with Crippen LogP contribution in [0.3, 0.4) is 0 Å². The Morgan fingerprint density at radius 3 is 2.83 bits per heavy atom. The maximum absolute atomic E-state index is 10.5. The monoisotopic (exact) mass is 330 g/mol. The summed E-state index contributed by atoms with van der Waals surface area (Å²) >= 11 is 9.29. The second kappa shape index (κ2) is 5.41. The van der Waals surface area contributed by atoms with E-state index in [-0.39, 0.29) is 5.88 Å². The lowest BCUT2D eigenvalue weighted by atomic mass is 10.3. The number of nitrogens with zero attached hydrogens (tertiary/aromatic N) is 1. The zero-order chi connectivity index (χ0) is 13.1. The summed E-state index contributed by atoms with van der Waals surface area (Å²) < 4.78 is 5.77. The normalized spacial score (nSPS) is 10.3. The largest absolute Gasteiger partial charge is 0.433 e. The van der Waals surface area contributed by atoms with E-state index < -0.39 is 4.92 Å². The number of rotatable bonds is 4. The number of halogens is 2. The minimum Gasteiger partial charge on any atom is -0.404 e. The van der Waals surface area contributed by atoms with Crippen LogP contribution in [0.1, 0.15) is 5.76 Å². The van der Waals surface area contributed by atoms with Crippen LogP contribution in [0, 0.1) is 10.1 Å². The van der Waals surface area contributed by atoms with Crippen LogP contribution in [0.25, 0.3) is 0 Å². The molecule has 0 aliphatic heterocycles. The predicted octanol–water partition coefficient (Wildman–Crippen LogP) is 4.22. The van der Waals surface area contributed by atoms with Gasteiger partial charge in [-0.25, -0.2) is 0 Å². The molecular weight excluding hydrogens is 323 g/mol. The summed E-state index contributed by atoms with van der Waals surface area (Å²) in [6, 6.07) is 8.29. The van der Waals surface area contributed by atoms with E-state index in [1.807, 2.05) is 6.07 Å². The zero-order valence-electron chi connectivity index (χ0n) is 9.02. The standard InChI is InChI=1S/C11H8BrClN2O3/c12-11-8(13)2-1-3-9(11)14-6-7-4-5-10(18-7)15(16)17/h1-5,14H,6H2. The Hall–Kier alpha value is -1.53. The molecule has 0 atom stereocenters. The van der Waals surface area contributed by atoms with Crippen molar-refractivity contribution in [3.8, 4) is 0 Å². The van der Waals surface area contributed by atoms with Gasteiger partial charge in [-0.05, 0) is 34.1 Å². The van der Waals surface area contributed by atoms with Crippen molar-refractivity contribution < 1.29 is 9.34 Å². The first-order chi connectivity index (χ1) is 8.58. The molecule has 0 bridgehead atoms. The van der Waals surface area contributed by atoms with E-state index in [2.05, 4.69) is 21.2 Å². The average Bonchev–Trinajstić information content (AvgIpc) is 2.80. The molecule has 0 saturated carbocycles. The molecule has 0 unspecified atom stereocenters. The van der Waals surface area contributed by atoms with E-state index in [0.717, 1.165) is 10.2 Å². The van der Waals surface area contributed by atoms with Gasteiger partial charge in [-0.2, -0.15) is 0 Å². The Bertz CT molecular complexity index is 585. The van der Waals surface area contributed by atoms with Crippen LogP contribution in [0.4, 0.5) is 11.6 Å². The van der Waals surface area contributed by atoms with Crippen LogP contribution in [-0.4, -0.2) is 4.92 Å². The van der Waals surface area contributed by atoms with Gasteiger partial charge in [0.25, 0.3) is 0 Å². The van der Waals surface area contributed by atoms with Gasteiger partial charge < -0.3 is 9.73 Å². The average molecular weight is 332 g/mol. The Morgan fingerprint density at radius 2 is 2.17 bits per heavy atom. The van der Waals surface area contributed by atoms with E-state index in [0.29, 0.717) is 17.3 Å². The van der Waals surface area contributed by atoms with Gasteiger partial charge in [0.1, 0.15) is 10.7 Å². The van der Waals surface area contributed by atoms with E-state index in [1.54, 1.807) is 18.2 Å². The molecule has 1 aromatic carbocycles. The maximum Gasteiger partial charge on any atom is 0.433 e. The van der Waals surface area contributed by atoms with Gasteiger partial charge in [0.15, 0.2) is 0 Å². The Kier molecular flexibility index (Phi) is 3.88. The van der Waals surface area contributed by atoms with Gasteiger partial charge in [-0.15, -0.1) is 0 Å². The first-order valence-corrected chi connectivity index (χ1v) is 6.16. The van der Waals surface area contributed by atoms with E-state index in [9.17, 15) is 10.1 Å². The molecule has 0 fully saturated rings. The van der Waals surface area contributed by atoms with Crippen molar-refractivity contribution in [1.82, 2.24) is 0 Å². The van der Waals surface area contributed by atoms with Crippen LogP contribution in [0.15, 0.2) is 39.2 Å². The van der Waals surface area contributed by atoms with E-state index in [1.165, 1.54) is 6.07 Å². The van der Waals surface area contributed by atoms with Crippen molar-refractivity contribution in [2.45, 2.75) is 6.54 Å². The third-order valence-corrected chi connectivity index (χ3v) is 3.63. The molecule has 0 spiro atoms. The molecule has 1 N–H and O–H groups in total. The summed E-state index contributed by atoms with van der Waals surface area (Å²) in [5.41, 5.74) is 0.793. The molecule has 0 aliphatic rings. The molecule has 18 heavy (non-hydrogen) atoms. The van der Waals surface area contributed by atoms with Crippen molar-refractivity contribution >= 4 is 39.1 Å². The minimum atomic E-state index is -0.571. The van der Waals surface area contributed by atoms with Crippen molar-refractivity contribution in [2.75, 3.05) is 5.32 Å². The van der Waals surface area contributed by atoms with Crippen molar-refractivity contribution in [1.29, 1.82) is 0 Å². The fraction of sp³-hybridized carbons (Fsp3) is 0.0909. The smallest absolute Gasteiger partial charge is 0.404 e. The molecule has 5 nitrogen and oxygen atoms in total. The van der Waals surface area contributed by atoms with Crippen molar-refractivity contribution in [2.24, 2.45) is 0 Å². The Morgan fingerprint density at radius 1 is 1.39 bits per heavy atom. The fourth-order valence-corrected chi connectivity index (χ4v) is 1.96. The second-order valence-corrected chi connectivity index (χ2v) is 4.65. The first-order valence-electron chi connectivity index (χ1n) is 4.99. The summed E-state index contributed by atoms with van der Waals surface area (Å²) in [5.74, 6) is 0.213. The predicted molar refractivity (Wildman–Crippen MR) is 71.8 cm³/mol.